The maximum Gasteiger partial charge on any atom is 0.394 e. The summed E-state index contributed by atoms with van der Waals surface area (Å²) in [5.41, 5.74) is 0.663. The summed E-state index contributed by atoms with van der Waals surface area (Å²) in [5, 5.41) is 8.64. The van der Waals surface area contributed by atoms with Gasteiger partial charge in [0.05, 0.1) is 16.7 Å². The molecule has 0 unspecified atom stereocenters. The molecule has 0 heterocycles. The molecule has 0 aliphatic rings. The molecule has 182 valence electrons. The van der Waals surface area contributed by atoms with Gasteiger partial charge in [-0.05, 0) is 37.8 Å². The Balaban J connectivity index is 0. The van der Waals surface area contributed by atoms with Crippen LogP contribution in [0.5, 0.6) is 0 Å². The minimum absolute atomic E-state index is 0.0700. The lowest BCUT2D eigenvalue weighted by molar-refractivity contribution is -0.213. The van der Waals surface area contributed by atoms with Gasteiger partial charge in [0.15, 0.2) is 0 Å². The van der Waals surface area contributed by atoms with E-state index in [9.17, 15) is 22.4 Å². The number of alkyl halides is 3. The standard InChI is InChI=1S/C12H13FN2.C8H13F3O.C5H12/c1-4-8(2)15-11-6-5-10(7-14)12(13)9(11)3;1-4-6(12)5-7(2,3)8(9,10)11;1-5(2,3)4/h5-6H,4H2,1-3H3;4-5H2,1-3H3;1-4H3. The van der Waals surface area contributed by atoms with E-state index in [1.807, 2.05) is 19.9 Å². The molecule has 0 atom stereocenters. The Labute approximate surface area is 190 Å². The van der Waals surface area contributed by atoms with Crippen LogP contribution >= 0.6 is 0 Å². The summed E-state index contributed by atoms with van der Waals surface area (Å²) in [4.78, 5) is 15.1. The first-order chi connectivity index (χ1) is 14.3. The smallest absolute Gasteiger partial charge is 0.300 e. The van der Waals surface area contributed by atoms with Crippen LogP contribution in [0.25, 0.3) is 0 Å². The highest BCUT2D eigenvalue weighted by Gasteiger charge is 2.47. The van der Waals surface area contributed by atoms with Crippen LogP contribution in [0, 0.1) is 34.9 Å². The summed E-state index contributed by atoms with van der Waals surface area (Å²) in [7, 11) is 0. The molecule has 1 aromatic carbocycles. The van der Waals surface area contributed by atoms with Gasteiger partial charge in [0.2, 0.25) is 0 Å². The van der Waals surface area contributed by atoms with E-state index < -0.39 is 23.8 Å². The third kappa shape index (κ3) is 13.2. The van der Waals surface area contributed by atoms with Crippen molar-refractivity contribution in [3.63, 3.8) is 0 Å². The van der Waals surface area contributed by atoms with E-state index >= 15 is 0 Å². The number of carbonyl (C=O) groups excluding carboxylic acids is 1. The minimum Gasteiger partial charge on any atom is -0.300 e. The number of rotatable bonds is 5. The van der Waals surface area contributed by atoms with Gasteiger partial charge in [-0.1, -0.05) is 55.4 Å². The van der Waals surface area contributed by atoms with Crippen LogP contribution < -0.4 is 0 Å². The number of benzene rings is 1. The predicted molar refractivity (Wildman–Crippen MR) is 124 cm³/mol. The topological polar surface area (TPSA) is 53.2 Å². The number of hydrogen-bond acceptors (Lipinski definition) is 3. The maximum atomic E-state index is 13.5. The Morgan fingerprint density at radius 1 is 1.03 bits per heavy atom. The summed E-state index contributed by atoms with van der Waals surface area (Å²) in [6.07, 6.45) is -3.72. The molecular formula is C25H38F4N2O. The lowest BCUT2D eigenvalue weighted by Crippen LogP contribution is -2.34. The number of nitriles is 1. The predicted octanol–water partition coefficient (Wildman–Crippen LogP) is 8.50. The zero-order chi connectivity index (χ0) is 25.9. The van der Waals surface area contributed by atoms with Gasteiger partial charge in [-0.25, -0.2) is 4.39 Å². The number of Topliss-reactive ketones (excluding diaryl/α,β-unsaturated/α-hetero) is 1. The first kappa shape index (κ1) is 32.0. The normalized spacial score (nSPS) is 12.1. The molecule has 0 radical (unpaired) electrons. The Hall–Kier alpha value is -2.23. The quantitative estimate of drug-likeness (QED) is 0.328. The van der Waals surface area contributed by atoms with E-state index in [-0.39, 0.29) is 17.8 Å². The van der Waals surface area contributed by atoms with Gasteiger partial charge in [-0.3, -0.25) is 9.79 Å². The van der Waals surface area contributed by atoms with Crippen LogP contribution in [0.1, 0.15) is 92.7 Å². The van der Waals surface area contributed by atoms with Crippen LogP contribution in [0.2, 0.25) is 0 Å². The van der Waals surface area contributed by atoms with E-state index in [1.54, 1.807) is 19.9 Å². The second-order valence-electron chi connectivity index (χ2n) is 9.83. The zero-order valence-electron chi connectivity index (χ0n) is 21.1. The van der Waals surface area contributed by atoms with Crippen LogP contribution in [0.3, 0.4) is 0 Å². The van der Waals surface area contributed by atoms with Gasteiger partial charge < -0.3 is 0 Å². The van der Waals surface area contributed by atoms with Gasteiger partial charge in [0, 0.05) is 24.1 Å². The number of halogens is 4. The van der Waals surface area contributed by atoms with Gasteiger partial charge in [-0.15, -0.1) is 0 Å². The summed E-state index contributed by atoms with van der Waals surface area (Å²) in [5.74, 6) is -0.819. The molecule has 0 aliphatic carbocycles. The fraction of sp³-hybridized carbons (Fsp3) is 0.640. The third-order valence-corrected chi connectivity index (χ3v) is 4.10. The number of nitrogens with zero attached hydrogens (tertiary/aromatic N) is 2. The summed E-state index contributed by atoms with van der Waals surface area (Å²) < 4.78 is 50.1. The van der Waals surface area contributed by atoms with Crippen molar-refractivity contribution < 1.29 is 22.4 Å². The maximum absolute atomic E-state index is 13.5. The molecule has 3 nitrogen and oxygen atoms in total. The highest BCUT2D eigenvalue weighted by atomic mass is 19.4. The molecule has 0 amide bonds. The summed E-state index contributed by atoms with van der Waals surface area (Å²) >= 11 is 0. The molecule has 7 heteroatoms. The van der Waals surface area contributed by atoms with Gasteiger partial charge in [-0.2, -0.15) is 18.4 Å². The highest BCUT2D eigenvalue weighted by molar-refractivity contribution is 5.84. The molecule has 0 fully saturated rings. The van der Waals surface area contributed by atoms with Gasteiger partial charge in [0.25, 0.3) is 0 Å². The van der Waals surface area contributed by atoms with Crippen molar-refractivity contribution in [2.24, 2.45) is 15.8 Å². The largest absolute Gasteiger partial charge is 0.394 e. The van der Waals surface area contributed by atoms with Crippen molar-refractivity contribution in [2.75, 3.05) is 0 Å². The summed E-state index contributed by atoms with van der Waals surface area (Å²) in [6.45, 7) is 17.9. The van der Waals surface area contributed by atoms with Crippen LogP contribution in [-0.2, 0) is 4.79 Å². The van der Waals surface area contributed by atoms with Crippen molar-refractivity contribution in [3.05, 3.63) is 29.1 Å². The van der Waals surface area contributed by atoms with E-state index in [1.165, 1.54) is 6.07 Å². The molecular weight excluding hydrogens is 420 g/mol. The SMILES string of the molecule is CC(C)(C)C.CCC(=O)CC(C)(C)C(F)(F)F.CCC(C)=Nc1ccc(C#N)c(F)c1C. The summed E-state index contributed by atoms with van der Waals surface area (Å²) in [6, 6.07) is 4.95. The fourth-order valence-electron chi connectivity index (χ4n) is 1.89. The van der Waals surface area contributed by atoms with Crippen LogP contribution in [0.15, 0.2) is 17.1 Å². The van der Waals surface area contributed by atoms with Crippen molar-refractivity contribution >= 4 is 17.2 Å². The molecule has 0 saturated heterocycles. The number of hydrogen-bond donors (Lipinski definition) is 0. The molecule has 0 aliphatic heterocycles. The molecule has 1 rings (SSSR count). The average Bonchev–Trinajstić information content (AvgIpc) is 2.63. The molecule has 0 bridgehead atoms. The Morgan fingerprint density at radius 2 is 1.50 bits per heavy atom. The third-order valence-electron chi connectivity index (χ3n) is 4.10. The Kier molecular flexibility index (Phi) is 13.3. The number of aliphatic imine (C=N–C) groups is 1. The Bertz CT molecular complexity index is 805. The van der Waals surface area contributed by atoms with Gasteiger partial charge >= 0.3 is 6.18 Å². The first-order valence-corrected chi connectivity index (χ1v) is 10.6. The second-order valence-corrected chi connectivity index (χ2v) is 9.83. The number of carbonyl (C=O) groups is 1. The molecule has 0 N–H and O–H groups in total. The highest BCUT2D eigenvalue weighted by Crippen LogP contribution is 2.40. The van der Waals surface area contributed by atoms with Gasteiger partial charge in [0.1, 0.15) is 17.7 Å². The Morgan fingerprint density at radius 3 is 1.84 bits per heavy atom. The van der Waals surface area contributed by atoms with Crippen molar-refractivity contribution in [1.29, 1.82) is 5.26 Å². The van der Waals surface area contributed by atoms with E-state index in [0.29, 0.717) is 16.7 Å². The van der Waals surface area contributed by atoms with E-state index in [4.69, 9.17) is 5.26 Å². The zero-order valence-corrected chi connectivity index (χ0v) is 21.1. The average molecular weight is 459 g/mol. The van der Waals surface area contributed by atoms with Crippen LogP contribution in [-0.4, -0.2) is 17.7 Å². The molecule has 1 aromatic rings. The molecule has 0 aromatic heterocycles. The second kappa shape index (κ2) is 13.3. The van der Waals surface area contributed by atoms with Crippen molar-refractivity contribution in [2.45, 2.75) is 94.7 Å². The van der Waals surface area contributed by atoms with Crippen LogP contribution in [0.4, 0.5) is 23.2 Å². The van der Waals surface area contributed by atoms with Crippen molar-refractivity contribution in [3.8, 4) is 6.07 Å². The monoisotopic (exact) mass is 458 g/mol. The van der Waals surface area contributed by atoms with E-state index in [2.05, 4.69) is 32.7 Å². The lowest BCUT2D eigenvalue weighted by Gasteiger charge is -2.26. The molecule has 0 spiro atoms. The lowest BCUT2D eigenvalue weighted by atomic mass is 9.86. The first-order valence-electron chi connectivity index (χ1n) is 10.6. The molecule has 0 saturated carbocycles. The van der Waals surface area contributed by atoms with Crippen molar-refractivity contribution in [1.82, 2.24) is 0 Å². The fourth-order valence-corrected chi connectivity index (χ4v) is 1.89. The van der Waals surface area contributed by atoms with E-state index in [0.717, 1.165) is 26.0 Å². The molecule has 32 heavy (non-hydrogen) atoms. The minimum atomic E-state index is -4.29. The number of ketones is 1.